The Bertz CT molecular complexity index is 458. The van der Waals surface area contributed by atoms with Crippen LogP contribution in [0.1, 0.15) is 11.1 Å². The summed E-state index contributed by atoms with van der Waals surface area (Å²) in [6.45, 7) is 3.30. The second kappa shape index (κ2) is 4.33. The lowest BCUT2D eigenvalue weighted by Crippen LogP contribution is -2.48. The highest BCUT2D eigenvalue weighted by molar-refractivity contribution is 5.94. The third-order valence-electron chi connectivity index (χ3n) is 2.79. The molecule has 0 aliphatic carbocycles. The molecule has 4 nitrogen and oxygen atoms in total. The van der Waals surface area contributed by atoms with Crippen molar-refractivity contribution in [2.75, 3.05) is 18.4 Å². The molecular weight excluding hydrogens is 202 g/mol. The molecule has 2 rings (SSSR count). The quantitative estimate of drug-likeness (QED) is 0.774. The molecule has 4 heteroatoms. The van der Waals surface area contributed by atoms with Crippen LogP contribution in [-0.4, -0.2) is 19.0 Å². The van der Waals surface area contributed by atoms with Crippen molar-refractivity contribution in [2.24, 2.45) is 5.92 Å². The van der Waals surface area contributed by atoms with E-state index in [1.165, 1.54) is 0 Å². The number of carbonyl (C=O) groups excluding carboxylic acids is 1. The van der Waals surface area contributed by atoms with Gasteiger partial charge in [-0.3, -0.25) is 4.79 Å². The number of benzene rings is 1. The van der Waals surface area contributed by atoms with E-state index in [1.807, 2.05) is 19.1 Å². The zero-order chi connectivity index (χ0) is 11.5. The maximum absolute atomic E-state index is 11.7. The third-order valence-corrected chi connectivity index (χ3v) is 2.79. The fourth-order valence-electron chi connectivity index (χ4n) is 1.63. The summed E-state index contributed by atoms with van der Waals surface area (Å²) in [7, 11) is 0. The number of hydrogen-bond donors (Lipinski definition) is 2. The van der Waals surface area contributed by atoms with Crippen LogP contribution in [0.15, 0.2) is 18.2 Å². The number of rotatable bonds is 2. The van der Waals surface area contributed by atoms with Crippen molar-refractivity contribution in [3.05, 3.63) is 29.3 Å². The van der Waals surface area contributed by atoms with Crippen LogP contribution in [0.3, 0.4) is 0 Å². The molecule has 1 aromatic rings. The molecule has 1 heterocycles. The predicted molar refractivity (Wildman–Crippen MR) is 60.9 cm³/mol. The van der Waals surface area contributed by atoms with E-state index in [4.69, 9.17) is 5.26 Å². The number of hydrogen-bond acceptors (Lipinski definition) is 3. The van der Waals surface area contributed by atoms with Gasteiger partial charge in [0.05, 0.1) is 17.2 Å². The molecule has 0 atom stereocenters. The molecule has 0 unspecified atom stereocenters. The van der Waals surface area contributed by atoms with Crippen LogP contribution in [0.2, 0.25) is 0 Å². The Morgan fingerprint density at radius 3 is 2.88 bits per heavy atom. The lowest BCUT2D eigenvalue weighted by molar-refractivity contribution is -0.121. The number of amides is 1. The average Bonchev–Trinajstić information content (AvgIpc) is 2.15. The van der Waals surface area contributed by atoms with Crippen LogP contribution in [0, 0.1) is 24.2 Å². The Balaban J connectivity index is 2.18. The number of nitrogens with zero attached hydrogens (tertiary/aromatic N) is 1. The van der Waals surface area contributed by atoms with E-state index in [9.17, 15) is 4.79 Å². The minimum Gasteiger partial charge on any atom is -0.325 e. The monoisotopic (exact) mass is 215 g/mol. The topological polar surface area (TPSA) is 64.9 Å². The van der Waals surface area contributed by atoms with Gasteiger partial charge in [-0.25, -0.2) is 0 Å². The van der Waals surface area contributed by atoms with E-state index in [-0.39, 0.29) is 11.8 Å². The molecule has 0 aromatic heterocycles. The molecule has 1 amide bonds. The Kier molecular flexibility index (Phi) is 2.88. The van der Waals surface area contributed by atoms with Crippen LogP contribution >= 0.6 is 0 Å². The van der Waals surface area contributed by atoms with Gasteiger partial charge in [0.2, 0.25) is 5.91 Å². The Labute approximate surface area is 94.3 Å². The van der Waals surface area contributed by atoms with E-state index >= 15 is 0 Å². The van der Waals surface area contributed by atoms with Gasteiger partial charge >= 0.3 is 0 Å². The zero-order valence-electron chi connectivity index (χ0n) is 9.08. The van der Waals surface area contributed by atoms with Crippen LogP contribution in [0.25, 0.3) is 0 Å². The van der Waals surface area contributed by atoms with Crippen molar-refractivity contribution in [3.63, 3.8) is 0 Å². The Morgan fingerprint density at radius 2 is 2.31 bits per heavy atom. The molecule has 1 aromatic carbocycles. The van der Waals surface area contributed by atoms with E-state index in [0.717, 1.165) is 18.7 Å². The van der Waals surface area contributed by atoms with Crippen molar-refractivity contribution in [2.45, 2.75) is 6.92 Å². The molecule has 0 spiro atoms. The normalized spacial score (nSPS) is 15.0. The number of carbonyl (C=O) groups is 1. The first-order valence-electron chi connectivity index (χ1n) is 5.23. The molecule has 0 saturated carbocycles. The minimum atomic E-state index is -0.0131. The van der Waals surface area contributed by atoms with Gasteiger partial charge in [0, 0.05) is 13.1 Å². The summed E-state index contributed by atoms with van der Waals surface area (Å²) in [5, 5.41) is 14.9. The summed E-state index contributed by atoms with van der Waals surface area (Å²) >= 11 is 0. The van der Waals surface area contributed by atoms with Crippen LogP contribution in [0.5, 0.6) is 0 Å². The smallest absolute Gasteiger partial charge is 0.230 e. The first-order chi connectivity index (χ1) is 7.72. The summed E-state index contributed by atoms with van der Waals surface area (Å²) in [6.07, 6.45) is 0. The number of nitriles is 1. The molecule has 0 bridgehead atoms. The van der Waals surface area contributed by atoms with E-state index in [0.29, 0.717) is 11.3 Å². The van der Waals surface area contributed by atoms with Crippen LogP contribution < -0.4 is 10.6 Å². The fraction of sp³-hybridized carbons (Fsp3) is 0.333. The molecule has 1 aliphatic rings. The summed E-state index contributed by atoms with van der Waals surface area (Å²) in [5.41, 5.74) is 2.04. The summed E-state index contributed by atoms with van der Waals surface area (Å²) in [5.74, 6) is 0.0212. The van der Waals surface area contributed by atoms with Crippen LogP contribution in [-0.2, 0) is 4.79 Å². The summed E-state index contributed by atoms with van der Waals surface area (Å²) in [6, 6.07) is 7.57. The molecule has 1 fully saturated rings. The number of aryl methyl sites for hydroxylation is 1. The Hall–Kier alpha value is -1.86. The molecule has 1 saturated heterocycles. The largest absolute Gasteiger partial charge is 0.325 e. The highest BCUT2D eigenvalue weighted by atomic mass is 16.2. The standard InChI is InChI=1S/C12H13N3O/c1-8-3-2-4-11(10(8)5-13)15-12(16)9-6-14-7-9/h2-4,9,14H,6-7H2,1H3,(H,15,16). The maximum Gasteiger partial charge on any atom is 0.230 e. The average molecular weight is 215 g/mol. The molecule has 82 valence electrons. The SMILES string of the molecule is Cc1cccc(NC(=O)C2CNC2)c1C#N. The van der Waals surface area contributed by atoms with Gasteiger partial charge in [-0.2, -0.15) is 5.26 Å². The highest BCUT2D eigenvalue weighted by Gasteiger charge is 2.25. The van der Waals surface area contributed by atoms with Gasteiger partial charge in [-0.05, 0) is 18.6 Å². The van der Waals surface area contributed by atoms with Gasteiger partial charge in [0.15, 0.2) is 0 Å². The first-order valence-corrected chi connectivity index (χ1v) is 5.23. The predicted octanol–water partition coefficient (Wildman–Crippen LogP) is 1.02. The summed E-state index contributed by atoms with van der Waals surface area (Å²) in [4.78, 5) is 11.7. The van der Waals surface area contributed by atoms with Gasteiger partial charge < -0.3 is 10.6 Å². The second-order valence-corrected chi connectivity index (χ2v) is 3.95. The van der Waals surface area contributed by atoms with Crippen molar-refractivity contribution in [1.82, 2.24) is 5.32 Å². The molecular formula is C12H13N3O. The van der Waals surface area contributed by atoms with Gasteiger partial charge in [-0.1, -0.05) is 12.1 Å². The van der Waals surface area contributed by atoms with Crippen molar-refractivity contribution < 1.29 is 4.79 Å². The lowest BCUT2D eigenvalue weighted by atomic mass is 10.0. The second-order valence-electron chi connectivity index (χ2n) is 3.95. The van der Waals surface area contributed by atoms with Gasteiger partial charge in [0.25, 0.3) is 0 Å². The maximum atomic E-state index is 11.7. The van der Waals surface area contributed by atoms with Gasteiger partial charge in [0.1, 0.15) is 6.07 Å². The third kappa shape index (κ3) is 1.90. The fourth-order valence-corrected chi connectivity index (χ4v) is 1.63. The van der Waals surface area contributed by atoms with Crippen molar-refractivity contribution in [1.29, 1.82) is 5.26 Å². The zero-order valence-corrected chi connectivity index (χ0v) is 9.08. The molecule has 2 N–H and O–H groups in total. The Morgan fingerprint density at radius 1 is 1.56 bits per heavy atom. The molecule has 16 heavy (non-hydrogen) atoms. The van der Waals surface area contributed by atoms with Crippen molar-refractivity contribution >= 4 is 11.6 Å². The molecule has 1 aliphatic heterocycles. The number of anilines is 1. The molecule has 0 radical (unpaired) electrons. The van der Waals surface area contributed by atoms with E-state index < -0.39 is 0 Å². The minimum absolute atomic E-state index is 0.0131. The van der Waals surface area contributed by atoms with E-state index in [1.54, 1.807) is 6.07 Å². The highest BCUT2D eigenvalue weighted by Crippen LogP contribution is 2.19. The number of nitrogens with one attached hydrogen (secondary N) is 2. The van der Waals surface area contributed by atoms with Gasteiger partial charge in [-0.15, -0.1) is 0 Å². The van der Waals surface area contributed by atoms with Crippen molar-refractivity contribution in [3.8, 4) is 6.07 Å². The van der Waals surface area contributed by atoms with E-state index in [2.05, 4.69) is 16.7 Å². The summed E-state index contributed by atoms with van der Waals surface area (Å²) < 4.78 is 0. The lowest BCUT2D eigenvalue weighted by Gasteiger charge is -2.26. The van der Waals surface area contributed by atoms with Crippen LogP contribution in [0.4, 0.5) is 5.69 Å². The first kappa shape index (κ1) is 10.7.